The molecule has 0 atom stereocenters. The second kappa shape index (κ2) is 5.48. The highest BCUT2D eigenvalue weighted by atomic mass is 16.3. The maximum absolute atomic E-state index is 12.2. The molecule has 19 heavy (non-hydrogen) atoms. The molecule has 1 heterocycles. The maximum atomic E-state index is 12.2. The third-order valence-corrected chi connectivity index (χ3v) is 4.17. The number of nitriles is 1. The van der Waals surface area contributed by atoms with Crippen LogP contribution >= 0.6 is 0 Å². The van der Waals surface area contributed by atoms with Gasteiger partial charge in [0.05, 0.1) is 12.3 Å². The number of nitrogens with zero attached hydrogens (tertiary/aromatic N) is 1. The molecule has 1 aromatic heterocycles. The molecule has 0 radical (unpaired) electrons. The average Bonchev–Trinajstić information content (AvgIpc) is 2.86. The van der Waals surface area contributed by atoms with E-state index in [1.54, 1.807) is 6.07 Å². The number of aryl methyl sites for hydroxylation is 1. The summed E-state index contributed by atoms with van der Waals surface area (Å²) in [6.07, 6.45) is 6.11. The van der Waals surface area contributed by atoms with Crippen LogP contribution < -0.4 is 5.32 Å². The van der Waals surface area contributed by atoms with Crippen molar-refractivity contribution in [2.45, 2.75) is 51.5 Å². The molecule has 1 N–H and O–H groups in total. The second-order valence-corrected chi connectivity index (χ2v) is 5.43. The second-order valence-electron chi connectivity index (χ2n) is 5.43. The van der Waals surface area contributed by atoms with Crippen LogP contribution in [0.25, 0.3) is 0 Å². The topological polar surface area (TPSA) is 66.0 Å². The number of amides is 1. The average molecular weight is 260 g/mol. The minimum absolute atomic E-state index is 0.279. The smallest absolute Gasteiger partial charge is 0.288 e. The number of rotatable bonds is 3. The Kier molecular flexibility index (Phi) is 3.94. The molecule has 1 aliphatic carbocycles. The number of hydrogen-bond acceptors (Lipinski definition) is 3. The molecule has 1 amide bonds. The minimum Gasteiger partial charge on any atom is -0.459 e. The lowest BCUT2D eigenvalue weighted by Crippen LogP contribution is -2.49. The Morgan fingerprint density at radius 1 is 1.58 bits per heavy atom. The van der Waals surface area contributed by atoms with E-state index in [0.29, 0.717) is 11.7 Å². The molecular weight excluding hydrogens is 240 g/mol. The van der Waals surface area contributed by atoms with Gasteiger partial charge >= 0.3 is 0 Å². The minimum atomic E-state index is -0.720. The Balaban J connectivity index is 2.06. The first kappa shape index (κ1) is 13.7. The van der Waals surface area contributed by atoms with Crippen LogP contribution in [-0.4, -0.2) is 11.4 Å². The molecule has 4 heteroatoms. The van der Waals surface area contributed by atoms with Crippen molar-refractivity contribution in [1.82, 2.24) is 5.32 Å². The van der Waals surface area contributed by atoms with Crippen molar-refractivity contribution in [2.24, 2.45) is 5.92 Å². The first-order chi connectivity index (χ1) is 9.10. The number of hydrogen-bond donors (Lipinski definition) is 1. The Labute approximate surface area is 113 Å². The summed E-state index contributed by atoms with van der Waals surface area (Å²) in [5.74, 6) is 0.718. The molecule has 0 spiro atoms. The van der Waals surface area contributed by atoms with Crippen LogP contribution in [0, 0.1) is 24.2 Å². The molecule has 1 fully saturated rings. The van der Waals surface area contributed by atoms with E-state index < -0.39 is 5.54 Å². The zero-order valence-electron chi connectivity index (χ0n) is 11.5. The van der Waals surface area contributed by atoms with Crippen molar-refractivity contribution in [3.8, 4) is 6.07 Å². The fourth-order valence-corrected chi connectivity index (χ4v) is 2.72. The van der Waals surface area contributed by atoms with E-state index >= 15 is 0 Å². The van der Waals surface area contributed by atoms with Gasteiger partial charge in [0.25, 0.3) is 5.91 Å². The zero-order chi connectivity index (χ0) is 13.9. The number of furan rings is 1. The first-order valence-corrected chi connectivity index (χ1v) is 6.88. The van der Waals surface area contributed by atoms with E-state index in [2.05, 4.69) is 18.3 Å². The van der Waals surface area contributed by atoms with Gasteiger partial charge in [-0.15, -0.1) is 0 Å². The van der Waals surface area contributed by atoms with Crippen LogP contribution in [0.15, 0.2) is 16.7 Å². The van der Waals surface area contributed by atoms with Gasteiger partial charge in [-0.05, 0) is 44.6 Å². The van der Waals surface area contributed by atoms with Crippen molar-refractivity contribution in [1.29, 1.82) is 5.26 Å². The molecule has 1 aromatic rings. The number of carbonyl (C=O) groups is 1. The Bertz CT molecular complexity index is 490. The molecule has 0 aliphatic heterocycles. The van der Waals surface area contributed by atoms with Gasteiger partial charge in [-0.2, -0.15) is 5.26 Å². The molecule has 1 aliphatic rings. The standard InChI is InChI=1S/C15H20N2O2/c1-3-12-4-7-15(10-16,8-5-12)17-14(18)13-11(2)6-9-19-13/h6,9,12H,3-5,7-8H2,1-2H3,(H,17,18). The third-order valence-electron chi connectivity index (χ3n) is 4.17. The summed E-state index contributed by atoms with van der Waals surface area (Å²) in [5, 5.41) is 12.3. The molecule has 1 saturated carbocycles. The Morgan fingerprint density at radius 3 is 2.74 bits per heavy atom. The lowest BCUT2D eigenvalue weighted by molar-refractivity contribution is 0.0862. The normalized spacial score (nSPS) is 26.7. The van der Waals surface area contributed by atoms with Gasteiger partial charge in [0, 0.05) is 5.56 Å². The molecule has 0 unspecified atom stereocenters. The van der Waals surface area contributed by atoms with Crippen molar-refractivity contribution < 1.29 is 9.21 Å². The van der Waals surface area contributed by atoms with Gasteiger partial charge in [0.15, 0.2) is 5.76 Å². The fraction of sp³-hybridized carbons (Fsp3) is 0.600. The molecule has 4 nitrogen and oxygen atoms in total. The summed E-state index contributed by atoms with van der Waals surface area (Å²) in [7, 11) is 0. The summed E-state index contributed by atoms with van der Waals surface area (Å²) in [5.41, 5.74) is 0.0787. The predicted octanol–water partition coefficient (Wildman–Crippen LogP) is 3.18. The number of carbonyl (C=O) groups excluding carboxylic acids is 1. The van der Waals surface area contributed by atoms with Gasteiger partial charge in [-0.1, -0.05) is 13.3 Å². The SMILES string of the molecule is CCC1CCC(C#N)(NC(=O)c2occc2C)CC1. The number of nitrogens with one attached hydrogen (secondary N) is 1. The highest BCUT2D eigenvalue weighted by molar-refractivity contribution is 5.93. The van der Waals surface area contributed by atoms with Crippen LogP contribution in [0.5, 0.6) is 0 Å². The lowest BCUT2D eigenvalue weighted by atomic mass is 9.76. The van der Waals surface area contributed by atoms with Crippen LogP contribution in [0.2, 0.25) is 0 Å². The molecule has 2 rings (SSSR count). The van der Waals surface area contributed by atoms with Crippen molar-refractivity contribution in [3.05, 3.63) is 23.7 Å². The monoisotopic (exact) mass is 260 g/mol. The Morgan fingerprint density at radius 2 is 2.26 bits per heavy atom. The van der Waals surface area contributed by atoms with Crippen molar-refractivity contribution >= 4 is 5.91 Å². The summed E-state index contributed by atoms with van der Waals surface area (Å²) >= 11 is 0. The van der Waals surface area contributed by atoms with Gasteiger partial charge < -0.3 is 9.73 Å². The summed E-state index contributed by atoms with van der Waals surface area (Å²) in [6.45, 7) is 4.00. The lowest BCUT2D eigenvalue weighted by Gasteiger charge is -2.35. The quantitative estimate of drug-likeness (QED) is 0.907. The zero-order valence-corrected chi connectivity index (χ0v) is 11.5. The fourth-order valence-electron chi connectivity index (χ4n) is 2.72. The van der Waals surface area contributed by atoms with E-state index in [9.17, 15) is 10.1 Å². The van der Waals surface area contributed by atoms with Gasteiger partial charge in [0.2, 0.25) is 0 Å². The van der Waals surface area contributed by atoms with Crippen molar-refractivity contribution in [2.75, 3.05) is 0 Å². The van der Waals surface area contributed by atoms with E-state index in [4.69, 9.17) is 4.42 Å². The highest BCUT2D eigenvalue weighted by Crippen LogP contribution is 2.33. The Hall–Kier alpha value is -1.76. The van der Waals surface area contributed by atoms with Crippen LogP contribution in [-0.2, 0) is 0 Å². The summed E-state index contributed by atoms with van der Waals surface area (Å²) in [4.78, 5) is 12.2. The molecule has 0 bridgehead atoms. The highest BCUT2D eigenvalue weighted by Gasteiger charge is 2.37. The van der Waals surface area contributed by atoms with Crippen LogP contribution in [0.1, 0.15) is 55.1 Å². The molecule has 0 aromatic carbocycles. The predicted molar refractivity (Wildman–Crippen MR) is 71.5 cm³/mol. The maximum Gasteiger partial charge on any atom is 0.288 e. The van der Waals surface area contributed by atoms with Crippen LogP contribution in [0.3, 0.4) is 0 Å². The van der Waals surface area contributed by atoms with E-state index in [1.807, 2.05) is 6.92 Å². The van der Waals surface area contributed by atoms with Crippen LogP contribution in [0.4, 0.5) is 0 Å². The largest absolute Gasteiger partial charge is 0.459 e. The molecule has 0 saturated heterocycles. The van der Waals surface area contributed by atoms with Gasteiger partial charge in [-0.3, -0.25) is 4.79 Å². The molecular formula is C15H20N2O2. The molecule has 102 valence electrons. The van der Waals surface area contributed by atoms with Crippen molar-refractivity contribution in [3.63, 3.8) is 0 Å². The first-order valence-electron chi connectivity index (χ1n) is 6.88. The van der Waals surface area contributed by atoms with E-state index in [-0.39, 0.29) is 5.91 Å². The van der Waals surface area contributed by atoms with Gasteiger partial charge in [0.1, 0.15) is 5.54 Å². The summed E-state index contributed by atoms with van der Waals surface area (Å²) in [6, 6.07) is 4.05. The summed E-state index contributed by atoms with van der Waals surface area (Å²) < 4.78 is 5.18. The third kappa shape index (κ3) is 2.81. The van der Waals surface area contributed by atoms with E-state index in [1.165, 1.54) is 6.26 Å². The van der Waals surface area contributed by atoms with Gasteiger partial charge in [-0.25, -0.2) is 0 Å². The van der Waals surface area contributed by atoms with E-state index in [0.717, 1.165) is 37.7 Å².